The predicted octanol–water partition coefficient (Wildman–Crippen LogP) is 5.17. The summed E-state index contributed by atoms with van der Waals surface area (Å²) in [6.07, 6.45) is 9.63. The fourth-order valence-electron chi connectivity index (χ4n) is 2.38. The van der Waals surface area contributed by atoms with Crippen molar-refractivity contribution in [3.05, 3.63) is 72.0 Å². The molecule has 116 valence electrons. The maximum Gasteiger partial charge on any atom is 0.0420 e. The summed E-state index contributed by atoms with van der Waals surface area (Å²) in [6.45, 7) is 13.6. The summed E-state index contributed by atoms with van der Waals surface area (Å²) in [5.74, 6) is 0. The van der Waals surface area contributed by atoms with E-state index in [1.54, 1.807) is 0 Å². The first-order valence-electron chi connectivity index (χ1n) is 7.97. The Morgan fingerprint density at radius 1 is 1.23 bits per heavy atom. The topological polar surface area (TPSA) is 24.1 Å². The molecule has 0 aliphatic heterocycles. The molecule has 0 saturated heterocycles. The van der Waals surface area contributed by atoms with Gasteiger partial charge in [-0.05, 0) is 42.5 Å². The van der Waals surface area contributed by atoms with Gasteiger partial charge in [0.05, 0.1) is 0 Å². The largest absolute Gasteiger partial charge is 0.385 e. The fourth-order valence-corrected chi connectivity index (χ4v) is 2.38. The van der Waals surface area contributed by atoms with Crippen LogP contribution >= 0.6 is 0 Å². The predicted molar refractivity (Wildman–Crippen MR) is 97.7 cm³/mol. The van der Waals surface area contributed by atoms with Crippen molar-refractivity contribution >= 4 is 11.4 Å². The van der Waals surface area contributed by atoms with Crippen LogP contribution in [0.4, 0.5) is 5.69 Å². The van der Waals surface area contributed by atoms with E-state index in [0.717, 1.165) is 42.0 Å². The third kappa shape index (κ3) is 4.14. The number of unbranched alkanes of at least 4 members (excludes halogenated alkanes) is 1. The number of rotatable bonds is 8. The number of allylic oxidation sites excluding steroid dienone is 4. The van der Waals surface area contributed by atoms with E-state index in [9.17, 15) is 0 Å². The Morgan fingerprint density at radius 3 is 2.73 bits per heavy atom. The molecule has 0 heterocycles. The molecule has 1 aromatic rings. The Balaban J connectivity index is 2.06. The van der Waals surface area contributed by atoms with Crippen molar-refractivity contribution in [2.75, 3.05) is 11.9 Å². The number of hydrogen-bond donors (Lipinski definition) is 2. The summed E-state index contributed by atoms with van der Waals surface area (Å²) >= 11 is 0. The van der Waals surface area contributed by atoms with Crippen molar-refractivity contribution in [3.8, 4) is 0 Å². The van der Waals surface area contributed by atoms with Gasteiger partial charge >= 0.3 is 0 Å². The quantitative estimate of drug-likeness (QED) is 0.646. The highest BCUT2D eigenvalue weighted by molar-refractivity contribution is 5.69. The molecule has 2 nitrogen and oxygen atoms in total. The minimum atomic E-state index is 0.954. The summed E-state index contributed by atoms with van der Waals surface area (Å²) < 4.78 is 0. The number of aryl methyl sites for hydroxylation is 1. The monoisotopic (exact) mass is 294 g/mol. The minimum absolute atomic E-state index is 0.954. The molecule has 0 saturated carbocycles. The molecular formula is C20H26N2. The van der Waals surface area contributed by atoms with Crippen molar-refractivity contribution < 1.29 is 0 Å². The number of benzene rings is 1. The average Bonchev–Trinajstić information content (AvgIpc) is 3.04. The molecule has 0 fully saturated rings. The highest BCUT2D eigenvalue weighted by atomic mass is 14.9. The van der Waals surface area contributed by atoms with Crippen molar-refractivity contribution in [1.29, 1.82) is 0 Å². The molecule has 0 spiro atoms. The van der Waals surface area contributed by atoms with Crippen LogP contribution in [-0.4, -0.2) is 6.54 Å². The maximum atomic E-state index is 4.15. The van der Waals surface area contributed by atoms with Crippen LogP contribution in [0.3, 0.4) is 0 Å². The second-order valence-corrected chi connectivity index (χ2v) is 5.72. The highest BCUT2D eigenvalue weighted by Gasteiger charge is 2.08. The molecule has 0 atom stereocenters. The van der Waals surface area contributed by atoms with Crippen LogP contribution < -0.4 is 10.6 Å². The Kier molecular flexibility index (Phi) is 5.65. The highest BCUT2D eigenvalue weighted by Crippen LogP contribution is 2.25. The van der Waals surface area contributed by atoms with Crippen LogP contribution in [0.15, 0.2) is 60.9 Å². The van der Waals surface area contributed by atoms with E-state index in [4.69, 9.17) is 0 Å². The molecule has 2 rings (SSSR count). The zero-order valence-corrected chi connectivity index (χ0v) is 13.7. The Labute approximate surface area is 134 Å². The summed E-state index contributed by atoms with van der Waals surface area (Å²) in [5.41, 5.74) is 6.60. The molecule has 1 aliphatic carbocycles. The summed E-state index contributed by atoms with van der Waals surface area (Å²) in [5, 5.41) is 6.83. The first-order valence-corrected chi connectivity index (χ1v) is 7.97. The van der Waals surface area contributed by atoms with Crippen molar-refractivity contribution in [1.82, 2.24) is 5.32 Å². The van der Waals surface area contributed by atoms with E-state index in [1.165, 1.54) is 17.6 Å². The molecule has 22 heavy (non-hydrogen) atoms. The third-order valence-corrected chi connectivity index (χ3v) is 3.90. The maximum absolute atomic E-state index is 4.15. The van der Waals surface area contributed by atoms with E-state index in [1.807, 2.05) is 0 Å². The molecule has 1 aliphatic rings. The van der Waals surface area contributed by atoms with Gasteiger partial charge in [-0.2, -0.15) is 0 Å². The Hall–Kier alpha value is -2.22. The molecule has 2 heteroatoms. The van der Waals surface area contributed by atoms with E-state index < -0.39 is 0 Å². The Bertz CT molecular complexity index is 621. The summed E-state index contributed by atoms with van der Waals surface area (Å²) in [7, 11) is 0. The number of hydrogen-bond acceptors (Lipinski definition) is 2. The molecule has 0 aromatic heterocycles. The molecule has 2 N–H and O–H groups in total. The van der Waals surface area contributed by atoms with Gasteiger partial charge in [0, 0.05) is 23.6 Å². The lowest BCUT2D eigenvalue weighted by Crippen LogP contribution is -2.13. The van der Waals surface area contributed by atoms with Gasteiger partial charge < -0.3 is 10.6 Å². The van der Waals surface area contributed by atoms with Gasteiger partial charge in [-0.25, -0.2) is 0 Å². The van der Waals surface area contributed by atoms with Gasteiger partial charge in [0.15, 0.2) is 0 Å². The smallest absolute Gasteiger partial charge is 0.0420 e. The lowest BCUT2D eigenvalue weighted by molar-refractivity contribution is 0.745. The second kappa shape index (κ2) is 7.69. The lowest BCUT2D eigenvalue weighted by Gasteiger charge is -2.16. The van der Waals surface area contributed by atoms with E-state index in [-0.39, 0.29) is 0 Å². The van der Waals surface area contributed by atoms with Crippen LogP contribution in [0.2, 0.25) is 0 Å². The molecule has 0 unspecified atom stereocenters. The second-order valence-electron chi connectivity index (χ2n) is 5.72. The molecule has 0 amide bonds. The zero-order valence-electron chi connectivity index (χ0n) is 13.7. The SMILES string of the molecule is C=C(Nc1cc(C(=C)NCCCC)ccc1C)C1=CC=CC1. The molecule has 1 aromatic carbocycles. The first kappa shape index (κ1) is 16.2. The van der Waals surface area contributed by atoms with Gasteiger partial charge in [0.2, 0.25) is 0 Å². The van der Waals surface area contributed by atoms with Crippen LogP contribution in [-0.2, 0) is 0 Å². The van der Waals surface area contributed by atoms with Crippen molar-refractivity contribution in [2.24, 2.45) is 0 Å². The molecule has 0 bridgehead atoms. The number of nitrogens with one attached hydrogen (secondary N) is 2. The zero-order chi connectivity index (χ0) is 15.9. The van der Waals surface area contributed by atoms with Crippen molar-refractivity contribution in [3.63, 3.8) is 0 Å². The van der Waals surface area contributed by atoms with Crippen molar-refractivity contribution in [2.45, 2.75) is 33.1 Å². The lowest BCUT2D eigenvalue weighted by atomic mass is 10.1. The first-order chi connectivity index (χ1) is 10.6. The van der Waals surface area contributed by atoms with Gasteiger partial charge in [0.1, 0.15) is 0 Å². The summed E-state index contributed by atoms with van der Waals surface area (Å²) in [6, 6.07) is 6.38. The van der Waals surface area contributed by atoms with E-state index >= 15 is 0 Å². The molecule has 0 radical (unpaired) electrons. The van der Waals surface area contributed by atoms with Crippen LogP contribution in [0, 0.1) is 6.92 Å². The van der Waals surface area contributed by atoms with Gasteiger partial charge in [-0.3, -0.25) is 0 Å². The van der Waals surface area contributed by atoms with Crippen LogP contribution in [0.25, 0.3) is 5.70 Å². The fraction of sp³-hybridized carbons (Fsp3) is 0.300. The van der Waals surface area contributed by atoms with Crippen LogP contribution in [0.5, 0.6) is 0 Å². The average molecular weight is 294 g/mol. The summed E-state index contributed by atoms with van der Waals surface area (Å²) in [4.78, 5) is 0. The Morgan fingerprint density at radius 2 is 2.05 bits per heavy atom. The van der Waals surface area contributed by atoms with Gasteiger partial charge in [-0.1, -0.05) is 56.9 Å². The van der Waals surface area contributed by atoms with Gasteiger partial charge in [0.25, 0.3) is 0 Å². The minimum Gasteiger partial charge on any atom is -0.385 e. The van der Waals surface area contributed by atoms with Gasteiger partial charge in [-0.15, -0.1) is 0 Å². The number of anilines is 1. The van der Waals surface area contributed by atoms with E-state index in [2.05, 4.69) is 74.1 Å². The third-order valence-electron chi connectivity index (χ3n) is 3.90. The standard InChI is InChI=1S/C20H26N2/c1-5-6-13-21-16(3)19-12-11-15(2)20(14-19)22-17(4)18-9-7-8-10-18/h7-9,11-12,14,21-22H,3-6,10,13H2,1-2H3. The normalized spacial score (nSPS) is 12.9. The van der Waals surface area contributed by atoms with Crippen LogP contribution in [0.1, 0.15) is 37.3 Å². The van der Waals surface area contributed by atoms with E-state index in [0.29, 0.717) is 0 Å². The molecular weight excluding hydrogens is 268 g/mol.